The molecule has 3 rings (SSSR count). The number of nitrogens with two attached hydrogens (primary N) is 2. The van der Waals surface area contributed by atoms with Gasteiger partial charge in [-0.05, 0) is 108 Å². The van der Waals surface area contributed by atoms with Gasteiger partial charge in [-0.3, -0.25) is 4.79 Å². The summed E-state index contributed by atoms with van der Waals surface area (Å²) in [7, 11) is 1.34. The molecule has 0 radical (unpaired) electrons. The average molecular weight is 890 g/mol. The lowest BCUT2D eigenvalue weighted by Gasteiger charge is -2.50. The maximum absolute atomic E-state index is 13.3. The smallest absolute Gasteiger partial charge is 0.410 e. The summed E-state index contributed by atoms with van der Waals surface area (Å²) in [4.78, 5) is 39.7. The van der Waals surface area contributed by atoms with Gasteiger partial charge in [-0.15, -0.1) is 0 Å². The number of nitrogens with one attached hydrogen (secondary N) is 4. The van der Waals surface area contributed by atoms with Crippen molar-refractivity contribution in [2.45, 2.75) is 178 Å². The Bertz CT molecular complexity index is 1530. The molecule has 0 unspecified atom stereocenters. The first-order valence-electron chi connectivity index (χ1n) is 21.1. The Hall–Kier alpha value is -3.51. The molecule has 0 aromatic rings. The fraction of sp³-hybridized carbons (Fsp3) is 0.829. The molecular formula is C41H75N7O14. The molecule has 3 aliphatic rings. The van der Waals surface area contributed by atoms with E-state index in [1.54, 1.807) is 41.5 Å². The lowest BCUT2D eigenvalue weighted by Crippen LogP contribution is -2.70. The highest BCUT2D eigenvalue weighted by Gasteiger charge is 2.54. The van der Waals surface area contributed by atoms with Crippen LogP contribution in [0.4, 0.5) is 9.59 Å². The number of aliphatic hydroxyl groups is 4. The monoisotopic (exact) mass is 890 g/mol. The number of carbonyl (C=O) groups is 3. The van der Waals surface area contributed by atoms with Gasteiger partial charge in [-0.25, -0.2) is 9.59 Å². The summed E-state index contributed by atoms with van der Waals surface area (Å²) in [5, 5.41) is 57.1. The number of aliphatic hydroxyl groups excluding tert-OH is 3. The van der Waals surface area contributed by atoms with Gasteiger partial charge < -0.3 is 91.2 Å². The van der Waals surface area contributed by atoms with Crippen molar-refractivity contribution in [1.29, 1.82) is 0 Å². The van der Waals surface area contributed by atoms with Crippen LogP contribution in [-0.4, -0.2) is 173 Å². The normalized spacial score (nSPS) is 31.1. The van der Waals surface area contributed by atoms with Crippen molar-refractivity contribution >= 4 is 18.1 Å². The van der Waals surface area contributed by atoms with Gasteiger partial charge in [0.2, 0.25) is 6.29 Å². The van der Waals surface area contributed by atoms with E-state index in [2.05, 4.69) is 27.8 Å². The van der Waals surface area contributed by atoms with E-state index in [1.807, 2.05) is 26.8 Å². The van der Waals surface area contributed by atoms with Crippen molar-refractivity contribution in [3.8, 4) is 0 Å². The molecule has 1 aliphatic carbocycles. The molecule has 1 saturated heterocycles. The maximum Gasteiger partial charge on any atom is 0.410 e. The summed E-state index contributed by atoms with van der Waals surface area (Å²) >= 11 is 0. The van der Waals surface area contributed by atoms with Crippen LogP contribution in [0, 0.1) is 0 Å². The molecule has 0 aromatic carbocycles. The summed E-state index contributed by atoms with van der Waals surface area (Å²) in [6.07, 6.45) is -9.26. The summed E-state index contributed by atoms with van der Waals surface area (Å²) in [5.74, 6) is 0.0970. The molecule has 21 heteroatoms. The first-order chi connectivity index (χ1) is 28.5. The third-order valence-electron chi connectivity index (χ3n) is 9.76. The van der Waals surface area contributed by atoms with Crippen LogP contribution in [0.5, 0.6) is 0 Å². The minimum atomic E-state index is -1.79. The molecule has 0 aromatic heterocycles. The highest BCUT2D eigenvalue weighted by molar-refractivity contribution is 5.81. The van der Waals surface area contributed by atoms with Crippen LogP contribution >= 0.6 is 0 Å². The fourth-order valence-corrected chi connectivity index (χ4v) is 7.04. The van der Waals surface area contributed by atoms with Gasteiger partial charge in [0.25, 0.3) is 5.91 Å². The minimum absolute atomic E-state index is 0.0976. The first kappa shape index (κ1) is 52.8. The quantitative estimate of drug-likeness (QED) is 0.0665. The van der Waals surface area contributed by atoms with Gasteiger partial charge in [-0.1, -0.05) is 0 Å². The fourth-order valence-electron chi connectivity index (χ4n) is 7.04. The zero-order chi connectivity index (χ0) is 47.0. The van der Waals surface area contributed by atoms with Crippen LogP contribution in [0.1, 0.15) is 88.5 Å². The largest absolute Gasteiger partial charge is 0.474 e. The van der Waals surface area contributed by atoms with Gasteiger partial charge in [0.1, 0.15) is 58.7 Å². The molecule has 21 nitrogen and oxygen atoms in total. The number of carbonyl (C=O) groups excluding carboxylic acids is 3. The molecule has 12 atom stereocenters. The Kier molecular flexibility index (Phi) is 18.7. The zero-order valence-electron chi connectivity index (χ0n) is 38.3. The molecule has 2 aliphatic heterocycles. The molecular weight excluding hydrogens is 814 g/mol. The van der Waals surface area contributed by atoms with Gasteiger partial charge >= 0.3 is 12.2 Å². The van der Waals surface area contributed by atoms with E-state index in [1.165, 1.54) is 14.0 Å². The molecule has 358 valence electrons. The van der Waals surface area contributed by atoms with Crippen molar-refractivity contribution in [2.75, 3.05) is 39.8 Å². The SMILES string of the molecule is C=C(NCCCNCC1=CC[C@@H](N)[C@@H](O[C@H]2[C@H](O)[C@@H](O[C@H]3OC[C@](C)(O)[C@H](N(C)C(=O)OC(C)(C)C)[C@H]3O)[C@H](NC(=O)[C@H](O)CNC(=O)OC(C)(C)C)C[C@@H]2N)O1)OC(C)(C)C. The number of likely N-dealkylation sites (N-methyl/N-ethyl adjacent to an activating group) is 1. The number of ether oxygens (including phenoxy) is 7. The van der Waals surface area contributed by atoms with Gasteiger partial charge in [-0.2, -0.15) is 0 Å². The third-order valence-corrected chi connectivity index (χ3v) is 9.76. The van der Waals surface area contributed by atoms with Crippen LogP contribution in [0.25, 0.3) is 0 Å². The van der Waals surface area contributed by atoms with E-state index in [0.717, 1.165) is 11.3 Å². The van der Waals surface area contributed by atoms with E-state index < -0.39 is 115 Å². The second-order valence-electron chi connectivity index (χ2n) is 19.3. The predicted molar refractivity (Wildman–Crippen MR) is 226 cm³/mol. The van der Waals surface area contributed by atoms with Crippen molar-refractivity contribution in [3.05, 3.63) is 24.3 Å². The van der Waals surface area contributed by atoms with E-state index in [-0.39, 0.29) is 12.0 Å². The Morgan fingerprint density at radius 1 is 0.919 bits per heavy atom. The van der Waals surface area contributed by atoms with Crippen LogP contribution in [-0.2, 0) is 38.0 Å². The number of amides is 3. The number of hydrogen-bond acceptors (Lipinski definition) is 18. The number of rotatable bonds is 17. The summed E-state index contributed by atoms with van der Waals surface area (Å²) in [6.45, 7) is 21.7. The highest BCUT2D eigenvalue weighted by atomic mass is 16.7. The highest BCUT2D eigenvalue weighted by Crippen LogP contribution is 2.34. The van der Waals surface area contributed by atoms with Crippen molar-refractivity contribution in [1.82, 2.24) is 26.2 Å². The lowest BCUT2D eigenvalue weighted by molar-refractivity contribution is -0.310. The van der Waals surface area contributed by atoms with E-state index >= 15 is 0 Å². The first-order valence-corrected chi connectivity index (χ1v) is 21.1. The second kappa shape index (κ2) is 21.9. The number of hydrogen-bond donors (Lipinski definition) is 10. The molecule has 0 bridgehead atoms. The molecule has 62 heavy (non-hydrogen) atoms. The zero-order valence-corrected chi connectivity index (χ0v) is 38.3. The Morgan fingerprint density at radius 3 is 2.15 bits per heavy atom. The Balaban J connectivity index is 1.77. The topological polar surface area (TPSA) is 300 Å². The second-order valence-corrected chi connectivity index (χ2v) is 19.3. The van der Waals surface area contributed by atoms with Gasteiger partial charge in [0.15, 0.2) is 12.2 Å². The Morgan fingerprint density at radius 2 is 1.53 bits per heavy atom. The van der Waals surface area contributed by atoms with Crippen LogP contribution < -0.4 is 32.7 Å². The summed E-state index contributed by atoms with van der Waals surface area (Å²) < 4.78 is 40.8. The Labute approximate surface area is 365 Å². The van der Waals surface area contributed by atoms with Crippen molar-refractivity contribution in [3.63, 3.8) is 0 Å². The number of nitrogens with zero attached hydrogens (tertiary/aromatic N) is 1. The maximum atomic E-state index is 13.3. The molecule has 12 N–H and O–H groups in total. The van der Waals surface area contributed by atoms with Crippen molar-refractivity contribution in [2.24, 2.45) is 11.5 Å². The lowest BCUT2D eigenvalue weighted by atomic mass is 9.83. The van der Waals surface area contributed by atoms with Crippen LogP contribution in [0.2, 0.25) is 0 Å². The molecule has 2 heterocycles. The molecule has 0 spiro atoms. The predicted octanol–water partition coefficient (Wildman–Crippen LogP) is -0.264. The van der Waals surface area contributed by atoms with Crippen molar-refractivity contribution < 1.29 is 68.0 Å². The summed E-state index contributed by atoms with van der Waals surface area (Å²) in [6, 6.07) is -4.10. The van der Waals surface area contributed by atoms with E-state index in [9.17, 15) is 34.8 Å². The average Bonchev–Trinajstić information content (AvgIpc) is 3.11. The van der Waals surface area contributed by atoms with Gasteiger partial charge in [0, 0.05) is 19.6 Å². The molecule has 1 saturated carbocycles. The van der Waals surface area contributed by atoms with E-state index in [0.29, 0.717) is 37.7 Å². The van der Waals surface area contributed by atoms with Crippen LogP contribution in [0.15, 0.2) is 24.3 Å². The number of alkyl carbamates (subject to hydrolysis) is 1. The van der Waals surface area contributed by atoms with Crippen LogP contribution in [0.3, 0.4) is 0 Å². The molecule has 3 amide bonds. The third kappa shape index (κ3) is 16.6. The van der Waals surface area contributed by atoms with Gasteiger partial charge in [0.05, 0.1) is 37.8 Å². The standard InChI is InChI=1S/C41H75N7O14/c1-22(60-38(2,3)4)45-17-13-16-44-19-23-14-15-24(42)34(57-23)58-30-25(43)18-26(47-33(52)27(49)20-46-36(53)61-39(5,6)7)31(28(30)50)59-35-29(51)32(41(11,55)21-56-35)48(12)37(54)62-40(8,9)10/h14,24-32,34-35,44-45,49-51,55H,1,13,15-21,42-43H2,2-12H3,(H,46,53)(H,47,52)/t24-,25+,26-,27-,28+,29-,30-,31+,32-,34-,35-,41+/m1/s1. The molecule has 2 fully saturated rings. The summed E-state index contributed by atoms with van der Waals surface area (Å²) in [5.41, 5.74) is 9.16. The van der Waals surface area contributed by atoms with E-state index in [4.69, 9.17) is 44.6 Å². The minimum Gasteiger partial charge on any atom is -0.474 e.